The number of aromatic nitrogens is 1. The lowest BCUT2D eigenvalue weighted by molar-refractivity contribution is 0.361. The van der Waals surface area contributed by atoms with Crippen LogP contribution in [-0.4, -0.2) is 24.6 Å². The Balaban J connectivity index is 2.05. The molecule has 1 saturated carbocycles. The van der Waals surface area contributed by atoms with E-state index in [9.17, 15) is 4.39 Å². The molecule has 4 heteroatoms. The summed E-state index contributed by atoms with van der Waals surface area (Å²) in [7, 11) is 2.08. The number of pyridine rings is 1. The Morgan fingerprint density at radius 1 is 1.33 bits per heavy atom. The largest absolute Gasteiger partial charge is 0.359 e. The molecule has 0 aromatic carbocycles. The van der Waals surface area contributed by atoms with E-state index in [0.717, 1.165) is 23.8 Å². The van der Waals surface area contributed by atoms with E-state index >= 15 is 0 Å². The maximum absolute atomic E-state index is 13.5. The Kier molecular flexibility index (Phi) is 5.97. The van der Waals surface area contributed by atoms with E-state index in [0.29, 0.717) is 12.6 Å². The van der Waals surface area contributed by atoms with Gasteiger partial charge in [0.25, 0.3) is 0 Å². The summed E-state index contributed by atoms with van der Waals surface area (Å²) in [6, 6.07) is 1.99. The number of nitrogens with one attached hydrogen (secondary N) is 1. The summed E-state index contributed by atoms with van der Waals surface area (Å²) in [5, 5.41) is 3.35. The molecule has 118 valence electrons. The molecule has 1 heterocycles. The van der Waals surface area contributed by atoms with Gasteiger partial charge >= 0.3 is 0 Å². The van der Waals surface area contributed by atoms with Crippen LogP contribution in [0.3, 0.4) is 0 Å². The van der Waals surface area contributed by atoms with Gasteiger partial charge in [0.05, 0.1) is 6.20 Å². The monoisotopic (exact) mass is 293 g/mol. The average molecular weight is 293 g/mol. The molecule has 1 N–H and O–H groups in total. The average Bonchev–Trinajstić information content (AvgIpc) is 2.46. The van der Waals surface area contributed by atoms with Crippen LogP contribution in [0.5, 0.6) is 0 Å². The van der Waals surface area contributed by atoms with E-state index in [-0.39, 0.29) is 5.82 Å². The summed E-state index contributed by atoms with van der Waals surface area (Å²) in [4.78, 5) is 6.53. The normalized spacial score (nSPS) is 16.4. The minimum Gasteiger partial charge on any atom is -0.359 e. The molecular weight excluding hydrogens is 265 g/mol. The van der Waals surface area contributed by atoms with Crippen LogP contribution in [-0.2, 0) is 6.54 Å². The fraction of sp³-hybridized carbons (Fsp3) is 0.706. The topological polar surface area (TPSA) is 28.2 Å². The molecule has 0 radical (unpaired) electrons. The maximum Gasteiger partial charge on any atom is 0.141 e. The molecule has 0 unspecified atom stereocenters. The van der Waals surface area contributed by atoms with Gasteiger partial charge < -0.3 is 10.2 Å². The molecule has 3 nitrogen and oxygen atoms in total. The van der Waals surface area contributed by atoms with E-state index in [1.165, 1.54) is 38.3 Å². The van der Waals surface area contributed by atoms with Gasteiger partial charge in [-0.05, 0) is 24.8 Å². The molecule has 0 aliphatic heterocycles. The third-order valence-corrected chi connectivity index (χ3v) is 4.23. The number of rotatable bonds is 6. The van der Waals surface area contributed by atoms with Crippen molar-refractivity contribution >= 4 is 5.82 Å². The molecule has 1 aliphatic carbocycles. The van der Waals surface area contributed by atoms with Gasteiger partial charge in [0.1, 0.15) is 11.6 Å². The molecule has 0 spiro atoms. The quantitative estimate of drug-likeness (QED) is 0.866. The van der Waals surface area contributed by atoms with Gasteiger partial charge in [0.2, 0.25) is 0 Å². The van der Waals surface area contributed by atoms with Crippen LogP contribution in [0.4, 0.5) is 10.2 Å². The molecule has 1 fully saturated rings. The summed E-state index contributed by atoms with van der Waals surface area (Å²) in [6.45, 7) is 5.87. The Morgan fingerprint density at radius 3 is 2.71 bits per heavy atom. The zero-order valence-electron chi connectivity index (χ0n) is 13.5. The second-order valence-electron chi connectivity index (χ2n) is 6.56. The molecule has 1 aromatic rings. The van der Waals surface area contributed by atoms with Crippen molar-refractivity contribution < 1.29 is 4.39 Å². The van der Waals surface area contributed by atoms with Gasteiger partial charge in [-0.1, -0.05) is 33.1 Å². The van der Waals surface area contributed by atoms with Crippen molar-refractivity contribution in [2.24, 2.45) is 5.92 Å². The third-order valence-electron chi connectivity index (χ3n) is 4.23. The summed E-state index contributed by atoms with van der Waals surface area (Å²) in [6.07, 6.45) is 8.01. The minimum absolute atomic E-state index is 0.259. The maximum atomic E-state index is 13.5. The van der Waals surface area contributed by atoms with Crippen LogP contribution >= 0.6 is 0 Å². The van der Waals surface area contributed by atoms with Crippen molar-refractivity contribution in [2.45, 2.75) is 58.5 Å². The highest BCUT2D eigenvalue weighted by molar-refractivity contribution is 5.46. The SMILES string of the molecule is CC(C)NCc1cc(F)cnc1N(C)CC1CCCCC1. The molecule has 1 aliphatic rings. The molecule has 1 aromatic heterocycles. The van der Waals surface area contributed by atoms with Crippen LogP contribution in [0, 0.1) is 11.7 Å². The lowest BCUT2D eigenvalue weighted by Crippen LogP contribution is -2.30. The highest BCUT2D eigenvalue weighted by Gasteiger charge is 2.18. The first-order valence-electron chi connectivity index (χ1n) is 8.15. The lowest BCUT2D eigenvalue weighted by atomic mass is 9.89. The number of nitrogens with zero attached hydrogens (tertiary/aromatic N) is 2. The first-order valence-corrected chi connectivity index (χ1v) is 8.15. The van der Waals surface area contributed by atoms with Crippen molar-refractivity contribution in [3.05, 3.63) is 23.6 Å². The van der Waals surface area contributed by atoms with Crippen LogP contribution in [0.15, 0.2) is 12.3 Å². The third kappa shape index (κ3) is 4.95. The Bertz CT molecular complexity index is 442. The summed E-state index contributed by atoms with van der Waals surface area (Å²) >= 11 is 0. The van der Waals surface area contributed by atoms with E-state index in [2.05, 4.69) is 36.1 Å². The predicted octanol–water partition coefficient (Wildman–Crippen LogP) is 3.74. The first-order chi connectivity index (χ1) is 10.1. The van der Waals surface area contributed by atoms with Gasteiger partial charge in [-0.15, -0.1) is 0 Å². The van der Waals surface area contributed by atoms with E-state index in [1.807, 2.05) is 0 Å². The van der Waals surface area contributed by atoms with E-state index in [4.69, 9.17) is 0 Å². The molecule has 21 heavy (non-hydrogen) atoms. The van der Waals surface area contributed by atoms with Crippen LogP contribution < -0.4 is 10.2 Å². The Labute approximate surface area is 127 Å². The predicted molar refractivity (Wildman–Crippen MR) is 86.0 cm³/mol. The summed E-state index contributed by atoms with van der Waals surface area (Å²) in [5.74, 6) is 1.40. The van der Waals surface area contributed by atoms with Gasteiger partial charge in [0, 0.05) is 31.7 Å². The zero-order chi connectivity index (χ0) is 15.2. The minimum atomic E-state index is -0.259. The highest BCUT2D eigenvalue weighted by Crippen LogP contribution is 2.26. The van der Waals surface area contributed by atoms with Gasteiger partial charge in [0.15, 0.2) is 0 Å². The molecule has 0 amide bonds. The van der Waals surface area contributed by atoms with Crippen molar-refractivity contribution in [1.82, 2.24) is 10.3 Å². The summed E-state index contributed by atoms with van der Waals surface area (Å²) in [5.41, 5.74) is 0.946. The zero-order valence-corrected chi connectivity index (χ0v) is 13.5. The van der Waals surface area contributed by atoms with Crippen molar-refractivity contribution in [2.75, 3.05) is 18.5 Å². The molecule has 0 bridgehead atoms. The smallest absolute Gasteiger partial charge is 0.141 e. The highest BCUT2D eigenvalue weighted by atomic mass is 19.1. The van der Waals surface area contributed by atoms with Gasteiger partial charge in [-0.2, -0.15) is 0 Å². The summed E-state index contributed by atoms with van der Waals surface area (Å²) < 4.78 is 13.5. The number of anilines is 1. The number of halogens is 1. The second kappa shape index (κ2) is 7.74. The molecule has 0 atom stereocenters. The molecular formula is C17H28FN3. The Morgan fingerprint density at radius 2 is 2.05 bits per heavy atom. The standard InChI is InChI=1S/C17H28FN3/c1-13(2)19-10-15-9-16(18)11-20-17(15)21(3)12-14-7-5-4-6-8-14/h9,11,13-14,19H,4-8,10,12H2,1-3H3. The number of hydrogen-bond donors (Lipinski definition) is 1. The van der Waals surface area contributed by atoms with Crippen LogP contribution in [0.2, 0.25) is 0 Å². The van der Waals surface area contributed by atoms with Gasteiger partial charge in [-0.25, -0.2) is 9.37 Å². The van der Waals surface area contributed by atoms with Crippen LogP contribution in [0.25, 0.3) is 0 Å². The molecule has 2 rings (SSSR count). The second-order valence-corrected chi connectivity index (χ2v) is 6.56. The fourth-order valence-corrected chi connectivity index (χ4v) is 3.11. The first kappa shape index (κ1) is 16.2. The van der Waals surface area contributed by atoms with E-state index in [1.54, 1.807) is 6.07 Å². The van der Waals surface area contributed by atoms with Crippen molar-refractivity contribution in [1.29, 1.82) is 0 Å². The lowest BCUT2D eigenvalue weighted by Gasteiger charge is -2.29. The van der Waals surface area contributed by atoms with Crippen molar-refractivity contribution in [3.63, 3.8) is 0 Å². The van der Waals surface area contributed by atoms with Gasteiger partial charge in [-0.3, -0.25) is 0 Å². The number of hydrogen-bond acceptors (Lipinski definition) is 3. The van der Waals surface area contributed by atoms with E-state index < -0.39 is 0 Å². The molecule has 0 saturated heterocycles. The van der Waals surface area contributed by atoms with Crippen LogP contribution in [0.1, 0.15) is 51.5 Å². The van der Waals surface area contributed by atoms with Crippen molar-refractivity contribution in [3.8, 4) is 0 Å². The fourth-order valence-electron chi connectivity index (χ4n) is 3.11. The Hall–Kier alpha value is -1.16.